The minimum atomic E-state index is -0.504. The number of hydrogen-bond donors (Lipinski definition) is 2. The molecule has 0 aliphatic heterocycles. The number of nitro groups is 1. The summed E-state index contributed by atoms with van der Waals surface area (Å²) in [7, 11) is 0. The number of rotatable bonds is 8. The molecule has 0 unspecified atom stereocenters. The van der Waals surface area contributed by atoms with Gasteiger partial charge in [-0.25, -0.2) is 0 Å². The first-order valence-corrected chi connectivity index (χ1v) is 8.62. The number of halogens is 1. The standard InChI is InChI=1S/C18H18ClN3O4/c19-13-2-6-15(7-3-13)26-10-9-20-16-8-1-12(11-17(16)22(24)25)18(23)21-14-4-5-14/h1-3,6-8,11,14,20H,4-5,9-10H2,(H,21,23). The molecule has 1 aliphatic carbocycles. The average Bonchev–Trinajstić information content (AvgIpc) is 3.44. The molecule has 2 aromatic carbocycles. The molecule has 136 valence electrons. The minimum absolute atomic E-state index is 0.139. The molecule has 0 aromatic heterocycles. The topological polar surface area (TPSA) is 93.5 Å². The van der Waals surface area contributed by atoms with Gasteiger partial charge in [0, 0.05) is 29.2 Å². The Labute approximate surface area is 155 Å². The lowest BCUT2D eigenvalue weighted by atomic mass is 10.1. The van der Waals surface area contributed by atoms with E-state index in [2.05, 4.69) is 10.6 Å². The summed E-state index contributed by atoms with van der Waals surface area (Å²) >= 11 is 5.81. The van der Waals surface area contributed by atoms with Crippen molar-refractivity contribution in [1.29, 1.82) is 0 Å². The molecule has 1 amide bonds. The van der Waals surface area contributed by atoms with E-state index in [1.807, 2.05) is 0 Å². The molecule has 1 aliphatic rings. The fourth-order valence-electron chi connectivity index (χ4n) is 2.36. The van der Waals surface area contributed by atoms with Crippen molar-refractivity contribution in [2.24, 2.45) is 0 Å². The molecule has 0 radical (unpaired) electrons. The van der Waals surface area contributed by atoms with Gasteiger partial charge < -0.3 is 15.4 Å². The maximum atomic E-state index is 12.0. The van der Waals surface area contributed by atoms with Crippen LogP contribution in [0.15, 0.2) is 42.5 Å². The third-order valence-electron chi connectivity index (χ3n) is 3.87. The van der Waals surface area contributed by atoms with Crippen LogP contribution in [-0.4, -0.2) is 30.0 Å². The molecular formula is C18H18ClN3O4. The summed E-state index contributed by atoms with van der Waals surface area (Å²) < 4.78 is 5.54. The van der Waals surface area contributed by atoms with Crippen LogP contribution < -0.4 is 15.4 Å². The zero-order valence-corrected chi connectivity index (χ0v) is 14.7. The highest BCUT2D eigenvalue weighted by molar-refractivity contribution is 6.30. The van der Waals surface area contributed by atoms with Crippen LogP contribution >= 0.6 is 11.6 Å². The summed E-state index contributed by atoms with van der Waals surface area (Å²) in [6.07, 6.45) is 1.92. The molecule has 0 spiro atoms. The van der Waals surface area contributed by atoms with E-state index in [1.54, 1.807) is 36.4 Å². The van der Waals surface area contributed by atoms with Gasteiger partial charge in [0.1, 0.15) is 18.0 Å². The number of nitrogens with zero attached hydrogens (tertiary/aromatic N) is 1. The lowest BCUT2D eigenvalue weighted by molar-refractivity contribution is -0.384. The van der Waals surface area contributed by atoms with Gasteiger partial charge in [-0.3, -0.25) is 14.9 Å². The summed E-state index contributed by atoms with van der Waals surface area (Å²) in [4.78, 5) is 22.8. The minimum Gasteiger partial charge on any atom is -0.492 e. The second kappa shape index (κ2) is 8.05. The van der Waals surface area contributed by atoms with Crippen molar-refractivity contribution in [3.05, 3.63) is 63.2 Å². The molecule has 1 saturated carbocycles. The molecule has 3 rings (SSSR count). The number of nitrogens with one attached hydrogen (secondary N) is 2. The van der Waals surface area contributed by atoms with Crippen LogP contribution in [0.4, 0.5) is 11.4 Å². The van der Waals surface area contributed by atoms with E-state index in [0.29, 0.717) is 29.6 Å². The number of hydrogen-bond acceptors (Lipinski definition) is 5. The highest BCUT2D eigenvalue weighted by atomic mass is 35.5. The molecule has 8 heteroatoms. The van der Waals surface area contributed by atoms with Gasteiger partial charge in [-0.05, 0) is 49.2 Å². The van der Waals surface area contributed by atoms with Gasteiger partial charge in [-0.15, -0.1) is 0 Å². The zero-order valence-electron chi connectivity index (χ0n) is 13.9. The number of amides is 1. The van der Waals surface area contributed by atoms with E-state index < -0.39 is 4.92 Å². The second-order valence-corrected chi connectivity index (χ2v) is 6.40. The second-order valence-electron chi connectivity index (χ2n) is 5.97. The van der Waals surface area contributed by atoms with Crippen molar-refractivity contribution in [1.82, 2.24) is 5.32 Å². The van der Waals surface area contributed by atoms with Crippen molar-refractivity contribution in [3.63, 3.8) is 0 Å². The van der Waals surface area contributed by atoms with Crippen LogP contribution in [0.25, 0.3) is 0 Å². The predicted octanol–water partition coefficient (Wildman–Crippen LogP) is 3.63. The average molecular weight is 376 g/mol. The highest BCUT2D eigenvalue weighted by Crippen LogP contribution is 2.26. The molecule has 0 atom stereocenters. The normalized spacial score (nSPS) is 13.1. The number of ether oxygens (including phenoxy) is 1. The van der Waals surface area contributed by atoms with Gasteiger partial charge in [-0.2, -0.15) is 0 Å². The van der Waals surface area contributed by atoms with Gasteiger partial charge in [0.15, 0.2) is 0 Å². The molecule has 0 heterocycles. The molecule has 2 N–H and O–H groups in total. The van der Waals surface area contributed by atoms with Crippen molar-refractivity contribution in [2.45, 2.75) is 18.9 Å². The van der Waals surface area contributed by atoms with Gasteiger partial charge in [0.25, 0.3) is 11.6 Å². The summed E-state index contributed by atoms with van der Waals surface area (Å²) in [6, 6.07) is 11.6. The number of anilines is 1. The van der Waals surface area contributed by atoms with Crippen molar-refractivity contribution in [3.8, 4) is 5.75 Å². The smallest absolute Gasteiger partial charge is 0.293 e. The third kappa shape index (κ3) is 4.86. The van der Waals surface area contributed by atoms with Crippen LogP contribution in [0.3, 0.4) is 0 Å². The molecule has 26 heavy (non-hydrogen) atoms. The van der Waals surface area contributed by atoms with Crippen LogP contribution in [0.2, 0.25) is 5.02 Å². The zero-order chi connectivity index (χ0) is 18.5. The Balaban J connectivity index is 1.58. The first kappa shape index (κ1) is 18.0. The van der Waals surface area contributed by atoms with Crippen molar-refractivity contribution < 1.29 is 14.5 Å². The molecule has 1 fully saturated rings. The Kier molecular flexibility index (Phi) is 5.58. The molecule has 7 nitrogen and oxygen atoms in total. The first-order valence-electron chi connectivity index (χ1n) is 8.24. The van der Waals surface area contributed by atoms with Gasteiger partial charge >= 0.3 is 0 Å². The van der Waals surface area contributed by atoms with E-state index in [4.69, 9.17) is 16.3 Å². The number of benzene rings is 2. The number of nitro benzene ring substituents is 1. The van der Waals surface area contributed by atoms with Crippen molar-refractivity contribution in [2.75, 3.05) is 18.5 Å². The van der Waals surface area contributed by atoms with Crippen molar-refractivity contribution >= 4 is 28.9 Å². The third-order valence-corrected chi connectivity index (χ3v) is 4.12. The van der Waals surface area contributed by atoms with E-state index in [0.717, 1.165) is 12.8 Å². The Hall–Kier alpha value is -2.80. The Bertz CT molecular complexity index is 807. The van der Waals surface area contributed by atoms with Crippen LogP contribution in [-0.2, 0) is 0 Å². The highest BCUT2D eigenvalue weighted by Gasteiger charge is 2.25. The molecule has 2 aromatic rings. The van der Waals surface area contributed by atoms with E-state index >= 15 is 0 Å². The summed E-state index contributed by atoms with van der Waals surface area (Å²) in [5.74, 6) is 0.381. The lowest BCUT2D eigenvalue weighted by Gasteiger charge is -2.10. The van der Waals surface area contributed by atoms with E-state index in [-0.39, 0.29) is 23.2 Å². The van der Waals surface area contributed by atoms with Crippen LogP contribution in [0.1, 0.15) is 23.2 Å². The molecular weight excluding hydrogens is 358 g/mol. The maximum Gasteiger partial charge on any atom is 0.293 e. The largest absolute Gasteiger partial charge is 0.492 e. The van der Waals surface area contributed by atoms with E-state index in [1.165, 1.54) is 6.07 Å². The molecule has 0 saturated heterocycles. The fraction of sp³-hybridized carbons (Fsp3) is 0.278. The maximum absolute atomic E-state index is 12.0. The SMILES string of the molecule is O=C(NC1CC1)c1ccc(NCCOc2ccc(Cl)cc2)c([N+](=O)[O-])c1. The Morgan fingerprint density at radius 3 is 2.62 bits per heavy atom. The summed E-state index contributed by atoms with van der Waals surface area (Å²) in [6.45, 7) is 0.694. The monoisotopic (exact) mass is 375 g/mol. The number of carbonyl (C=O) groups is 1. The Morgan fingerprint density at radius 2 is 1.96 bits per heavy atom. The van der Waals surface area contributed by atoms with Crippen LogP contribution in [0.5, 0.6) is 5.75 Å². The summed E-state index contributed by atoms with van der Waals surface area (Å²) in [5.41, 5.74) is 0.490. The van der Waals surface area contributed by atoms with Gasteiger partial charge in [-0.1, -0.05) is 11.6 Å². The van der Waals surface area contributed by atoms with Gasteiger partial charge in [0.2, 0.25) is 0 Å². The first-order chi connectivity index (χ1) is 12.5. The Morgan fingerprint density at radius 1 is 1.23 bits per heavy atom. The predicted molar refractivity (Wildman–Crippen MR) is 99.0 cm³/mol. The summed E-state index contributed by atoms with van der Waals surface area (Å²) in [5, 5.41) is 17.7. The molecule has 0 bridgehead atoms. The quantitative estimate of drug-likeness (QED) is 0.417. The lowest BCUT2D eigenvalue weighted by Crippen LogP contribution is -2.25. The van der Waals surface area contributed by atoms with Crippen LogP contribution in [0, 0.1) is 10.1 Å². The fourth-order valence-corrected chi connectivity index (χ4v) is 2.48. The van der Waals surface area contributed by atoms with E-state index in [9.17, 15) is 14.9 Å². The van der Waals surface area contributed by atoms with Gasteiger partial charge in [0.05, 0.1) is 4.92 Å². The number of carbonyl (C=O) groups excluding carboxylic acids is 1.